The number of hydrogen-bond donors (Lipinski definition) is 0. The van der Waals surface area contributed by atoms with Gasteiger partial charge in [0.05, 0.1) is 0 Å². The van der Waals surface area contributed by atoms with Crippen LogP contribution in [0.25, 0.3) is 0 Å². The molecule has 0 saturated heterocycles. The molecule has 0 aliphatic heterocycles. The highest BCUT2D eigenvalue weighted by Gasteiger charge is 2.08. The highest BCUT2D eigenvalue weighted by Crippen LogP contribution is 2.24. The first kappa shape index (κ1) is 10.2. The van der Waals surface area contributed by atoms with Crippen molar-refractivity contribution in [3.63, 3.8) is 0 Å². The van der Waals surface area contributed by atoms with Crippen molar-refractivity contribution >= 4 is 44.3 Å². The summed E-state index contributed by atoms with van der Waals surface area (Å²) >= 11 is 5.59. The standard InChI is InChI=1S/C9H8BrIO/c1-2-8(12)6-4-3-5-7(11)9(6)10/h3-5H,2H2,1H3. The van der Waals surface area contributed by atoms with E-state index >= 15 is 0 Å². The number of carbonyl (C=O) groups is 1. The van der Waals surface area contributed by atoms with E-state index in [2.05, 4.69) is 38.5 Å². The molecule has 1 aromatic carbocycles. The van der Waals surface area contributed by atoms with E-state index < -0.39 is 0 Å². The van der Waals surface area contributed by atoms with Crippen LogP contribution in [-0.4, -0.2) is 5.78 Å². The molecule has 12 heavy (non-hydrogen) atoms. The van der Waals surface area contributed by atoms with E-state index in [1.807, 2.05) is 25.1 Å². The molecule has 3 heteroatoms. The summed E-state index contributed by atoms with van der Waals surface area (Å²) in [6, 6.07) is 5.71. The van der Waals surface area contributed by atoms with Crippen LogP contribution in [0, 0.1) is 3.57 Å². The predicted molar refractivity (Wildman–Crippen MR) is 61.5 cm³/mol. The van der Waals surface area contributed by atoms with E-state index in [1.165, 1.54) is 0 Å². The second-order valence-electron chi connectivity index (χ2n) is 2.38. The molecule has 0 unspecified atom stereocenters. The Hall–Kier alpha value is 0.1000. The van der Waals surface area contributed by atoms with Crippen molar-refractivity contribution in [2.45, 2.75) is 13.3 Å². The Labute approximate surface area is 93.8 Å². The Kier molecular flexibility index (Phi) is 3.71. The molecular weight excluding hydrogens is 331 g/mol. The van der Waals surface area contributed by atoms with Crippen LogP contribution in [0.2, 0.25) is 0 Å². The van der Waals surface area contributed by atoms with E-state index in [9.17, 15) is 4.79 Å². The first-order chi connectivity index (χ1) is 5.66. The Morgan fingerprint density at radius 1 is 1.58 bits per heavy atom. The molecule has 0 bridgehead atoms. The number of carbonyl (C=O) groups excluding carboxylic acids is 1. The molecule has 0 aliphatic carbocycles. The fourth-order valence-corrected chi connectivity index (χ4v) is 1.89. The van der Waals surface area contributed by atoms with Crippen molar-refractivity contribution in [3.05, 3.63) is 31.8 Å². The second kappa shape index (κ2) is 4.37. The first-order valence-corrected chi connectivity index (χ1v) is 5.51. The summed E-state index contributed by atoms with van der Waals surface area (Å²) in [5.74, 6) is 0.181. The summed E-state index contributed by atoms with van der Waals surface area (Å²) in [5.41, 5.74) is 0.782. The van der Waals surface area contributed by atoms with Crippen molar-refractivity contribution in [3.8, 4) is 0 Å². The molecule has 0 aliphatic rings. The van der Waals surface area contributed by atoms with Gasteiger partial charge in [-0.2, -0.15) is 0 Å². The zero-order valence-corrected chi connectivity index (χ0v) is 10.3. The van der Waals surface area contributed by atoms with Gasteiger partial charge < -0.3 is 0 Å². The summed E-state index contributed by atoms with van der Waals surface area (Å²) in [7, 11) is 0. The molecule has 1 rings (SSSR count). The summed E-state index contributed by atoms with van der Waals surface area (Å²) < 4.78 is 1.99. The molecule has 0 N–H and O–H groups in total. The van der Waals surface area contributed by atoms with Gasteiger partial charge in [-0.3, -0.25) is 4.79 Å². The summed E-state index contributed by atoms with van der Waals surface area (Å²) in [5, 5.41) is 0. The van der Waals surface area contributed by atoms with Gasteiger partial charge >= 0.3 is 0 Å². The van der Waals surface area contributed by atoms with Crippen molar-refractivity contribution < 1.29 is 4.79 Å². The highest BCUT2D eigenvalue weighted by atomic mass is 127. The number of Topliss-reactive ketones (excluding diaryl/α,β-unsaturated/α-hetero) is 1. The van der Waals surface area contributed by atoms with Gasteiger partial charge in [-0.25, -0.2) is 0 Å². The monoisotopic (exact) mass is 338 g/mol. The maximum Gasteiger partial charge on any atom is 0.163 e. The lowest BCUT2D eigenvalue weighted by Crippen LogP contribution is -1.98. The SMILES string of the molecule is CCC(=O)c1cccc(I)c1Br. The summed E-state index contributed by atoms with van der Waals surface area (Å²) in [6.07, 6.45) is 0.554. The summed E-state index contributed by atoms with van der Waals surface area (Å²) in [6.45, 7) is 1.87. The molecule has 0 heterocycles. The van der Waals surface area contributed by atoms with E-state index in [0.717, 1.165) is 13.6 Å². The van der Waals surface area contributed by atoms with E-state index in [4.69, 9.17) is 0 Å². The molecule has 0 aromatic heterocycles. The van der Waals surface area contributed by atoms with E-state index in [0.29, 0.717) is 6.42 Å². The third kappa shape index (κ3) is 2.07. The van der Waals surface area contributed by atoms with Crippen LogP contribution in [0.4, 0.5) is 0 Å². The van der Waals surface area contributed by atoms with Gasteiger partial charge in [-0.05, 0) is 44.6 Å². The third-order valence-corrected chi connectivity index (χ3v) is 4.07. The zero-order chi connectivity index (χ0) is 9.14. The van der Waals surface area contributed by atoms with Crippen LogP contribution in [-0.2, 0) is 0 Å². The molecule has 0 saturated carbocycles. The molecule has 0 fully saturated rings. The van der Waals surface area contributed by atoms with Gasteiger partial charge in [0, 0.05) is 20.0 Å². The minimum Gasteiger partial charge on any atom is -0.294 e. The number of hydrogen-bond acceptors (Lipinski definition) is 1. The van der Waals surface area contributed by atoms with Crippen molar-refractivity contribution in [2.24, 2.45) is 0 Å². The number of rotatable bonds is 2. The molecule has 0 amide bonds. The molecular formula is C9H8BrIO. The second-order valence-corrected chi connectivity index (χ2v) is 4.33. The minimum atomic E-state index is 0.181. The van der Waals surface area contributed by atoms with Gasteiger partial charge in [0.2, 0.25) is 0 Å². The topological polar surface area (TPSA) is 17.1 Å². The van der Waals surface area contributed by atoms with Crippen LogP contribution in [0.1, 0.15) is 23.7 Å². The minimum absolute atomic E-state index is 0.181. The first-order valence-electron chi connectivity index (χ1n) is 3.64. The van der Waals surface area contributed by atoms with Gasteiger partial charge in [-0.1, -0.05) is 19.1 Å². The van der Waals surface area contributed by atoms with Gasteiger partial charge in [0.25, 0.3) is 0 Å². The maximum atomic E-state index is 11.4. The van der Waals surface area contributed by atoms with Crippen LogP contribution in [0.15, 0.2) is 22.7 Å². The number of benzene rings is 1. The molecule has 1 nitrogen and oxygen atoms in total. The predicted octanol–water partition coefficient (Wildman–Crippen LogP) is 3.65. The van der Waals surface area contributed by atoms with Crippen LogP contribution < -0.4 is 0 Å². The normalized spacial score (nSPS) is 9.92. The largest absolute Gasteiger partial charge is 0.294 e. The van der Waals surface area contributed by atoms with Crippen LogP contribution in [0.3, 0.4) is 0 Å². The van der Waals surface area contributed by atoms with Crippen molar-refractivity contribution in [2.75, 3.05) is 0 Å². The fourth-order valence-electron chi connectivity index (χ4n) is 0.910. The van der Waals surface area contributed by atoms with Gasteiger partial charge in [-0.15, -0.1) is 0 Å². The molecule has 0 spiro atoms. The lowest BCUT2D eigenvalue weighted by molar-refractivity contribution is 0.0987. The average molecular weight is 339 g/mol. The third-order valence-electron chi connectivity index (χ3n) is 1.57. The van der Waals surface area contributed by atoms with Crippen molar-refractivity contribution in [1.82, 2.24) is 0 Å². The highest BCUT2D eigenvalue weighted by molar-refractivity contribution is 14.1. The van der Waals surface area contributed by atoms with Gasteiger partial charge in [0.1, 0.15) is 0 Å². The Morgan fingerprint density at radius 3 is 2.83 bits per heavy atom. The molecule has 0 radical (unpaired) electrons. The lowest BCUT2D eigenvalue weighted by Gasteiger charge is -2.02. The molecule has 1 aromatic rings. The fraction of sp³-hybridized carbons (Fsp3) is 0.222. The van der Waals surface area contributed by atoms with Crippen LogP contribution >= 0.6 is 38.5 Å². The number of halogens is 2. The Morgan fingerprint density at radius 2 is 2.25 bits per heavy atom. The van der Waals surface area contributed by atoms with E-state index in [-0.39, 0.29) is 5.78 Å². The Balaban J connectivity index is 3.16. The van der Waals surface area contributed by atoms with Crippen LogP contribution in [0.5, 0.6) is 0 Å². The zero-order valence-electron chi connectivity index (χ0n) is 6.60. The smallest absolute Gasteiger partial charge is 0.163 e. The molecule has 64 valence electrons. The van der Waals surface area contributed by atoms with E-state index in [1.54, 1.807) is 0 Å². The summed E-state index contributed by atoms with van der Waals surface area (Å²) in [4.78, 5) is 11.4. The Bertz CT molecular complexity index is 309. The maximum absolute atomic E-state index is 11.4. The lowest BCUT2D eigenvalue weighted by atomic mass is 10.1. The molecule has 0 atom stereocenters. The van der Waals surface area contributed by atoms with Gasteiger partial charge in [0.15, 0.2) is 5.78 Å². The quantitative estimate of drug-likeness (QED) is 0.594. The average Bonchev–Trinajstić information content (AvgIpc) is 2.08. The number of ketones is 1. The van der Waals surface area contributed by atoms with Crippen molar-refractivity contribution in [1.29, 1.82) is 0 Å².